The molecule has 5 nitrogen and oxygen atoms in total. The molecule has 0 aliphatic carbocycles. The molecule has 0 fully saturated rings. The van der Waals surface area contributed by atoms with E-state index >= 15 is 0 Å². The van der Waals surface area contributed by atoms with Gasteiger partial charge in [-0.05, 0) is 50.2 Å². The summed E-state index contributed by atoms with van der Waals surface area (Å²) in [5.41, 5.74) is 0.559. The van der Waals surface area contributed by atoms with Gasteiger partial charge in [-0.2, -0.15) is 0 Å². The highest BCUT2D eigenvalue weighted by atomic mass is 32.2. The van der Waals surface area contributed by atoms with Crippen LogP contribution in [-0.2, 0) is 10.0 Å². The van der Waals surface area contributed by atoms with Crippen LogP contribution >= 0.6 is 0 Å². The predicted molar refractivity (Wildman–Crippen MR) is 120 cm³/mol. The SMILES string of the molecule is CCCCN(CCCC)CC(O)CN(c1ccccc1)S(=O)(=O)c1ccccc1. The number of anilines is 1. The lowest BCUT2D eigenvalue weighted by Gasteiger charge is -2.30. The Kier molecular flexibility index (Phi) is 9.64. The number of nitrogens with zero attached hydrogens (tertiary/aromatic N) is 2. The van der Waals surface area contributed by atoms with Gasteiger partial charge in [0.05, 0.1) is 23.2 Å². The first-order valence-electron chi connectivity index (χ1n) is 10.5. The van der Waals surface area contributed by atoms with Crippen LogP contribution in [0.15, 0.2) is 65.6 Å². The molecule has 1 unspecified atom stereocenters. The lowest BCUT2D eigenvalue weighted by Crippen LogP contribution is -2.43. The highest BCUT2D eigenvalue weighted by molar-refractivity contribution is 7.92. The molecule has 0 radical (unpaired) electrons. The number of hydrogen-bond donors (Lipinski definition) is 1. The molecule has 0 aliphatic heterocycles. The van der Waals surface area contributed by atoms with Crippen molar-refractivity contribution < 1.29 is 13.5 Å². The van der Waals surface area contributed by atoms with Crippen LogP contribution < -0.4 is 4.31 Å². The summed E-state index contributed by atoms with van der Waals surface area (Å²) < 4.78 is 27.9. The second-order valence-electron chi connectivity index (χ2n) is 7.35. The van der Waals surface area contributed by atoms with Crippen LogP contribution in [0.2, 0.25) is 0 Å². The molecule has 29 heavy (non-hydrogen) atoms. The number of aliphatic hydroxyl groups is 1. The van der Waals surface area contributed by atoms with E-state index in [1.54, 1.807) is 42.5 Å². The maximum atomic E-state index is 13.3. The average Bonchev–Trinajstić information content (AvgIpc) is 2.75. The maximum absolute atomic E-state index is 13.3. The van der Waals surface area contributed by atoms with Crippen molar-refractivity contribution in [3.63, 3.8) is 0 Å². The summed E-state index contributed by atoms with van der Waals surface area (Å²) in [4.78, 5) is 2.47. The number of sulfonamides is 1. The minimum absolute atomic E-state index is 0.0238. The van der Waals surface area contributed by atoms with E-state index in [0.29, 0.717) is 12.2 Å². The van der Waals surface area contributed by atoms with E-state index in [4.69, 9.17) is 0 Å². The third-order valence-electron chi connectivity index (χ3n) is 4.88. The molecule has 0 aromatic heterocycles. The van der Waals surface area contributed by atoms with Gasteiger partial charge in [0, 0.05) is 6.54 Å². The summed E-state index contributed by atoms with van der Waals surface area (Å²) in [6.07, 6.45) is 3.55. The van der Waals surface area contributed by atoms with Crippen molar-refractivity contribution in [3.05, 3.63) is 60.7 Å². The van der Waals surface area contributed by atoms with Crippen LogP contribution in [0.25, 0.3) is 0 Å². The standard InChI is InChI=1S/C23H34N2O3S/c1-3-5-17-24(18-6-4-2)19-22(26)20-25(21-13-9-7-10-14-21)29(27,28)23-15-11-8-12-16-23/h7-16,22,26H,3-6,17-20H2,1-2H3. The van der Waals surface area contributed by atoms with E-state index in [9.17, 15) is 13.5 Å². The van der Waals surface area contributed by atoms with Gasteiger partial charge in [-0.3, -0.25) is 4.31 Å². The minimum atomic E-state index is -3.76. The Morgan fingerprint density at radius 2 is 1.34 bits per heavy atom. The smallest absolute Gasteiger partial charge is 0.264 e. The van der Waals surface area contributed by atoms with Gasteiger partial charge in [0.1, 0.15) is 0 Å². The zero-order chi connectivity index (χ0) is 21.1. The lowest BCUT2D eigenvalue weighted by atomic mass is 10.2. The first-order chi connectivity index (χ1) is 14.0. The molecule has 2 aromatic carbocycles. The summed E-state index contributed by atoms with van der Waals surface area (Å²) in [5.74, 6) is 0. The number of para-hydroxylation sites is 1. The number of benzene rings is 2. The van der Waals surface area contributed by atoms with E-state index < -0.39 is 16.1 Å². The van der Waals surface area contributed by atoms with Gasteiger partial charge in [-0.15, -0.1) is 0 Å². The van der Waals surface area contributed by atoms with Crippen LogP contribution in [0.1, 0.15) is 39.5 Å². The fraction of sp³-hybridized carbons (Fsp3) is 0.478. The van der Waals surface area contributed by atoms with E-state index in [1.807, 2.05) is 18.2 Å². The maximum Gasteiger partial charge on any atom is 0.264 e. The van der Waals surface area contributed by atoms with Gasteiger partial charge in [0.2, 0.25) is 0 Å². The van der Waals surface area contributed by atoms with Crippen molar-refractivity contribution in [2.75, 3.05) is 30.5 Å². The largest absolute Gasteiger partial charge is 0.390 e. The van der Waals surface area contributed by atoms with Crippen LogP contribution in [-0.4, -0.2) is 50.7 Å². The highest BCUT2D eigenvalue weighted by Crippen LogP contribution is 2.23. The summed E-state index contributed by atoms with van der Waals surface area (Å²) in [5, 5.41) is 10.8. The van der Waals surface area contributed by atoms with Crippen LogP contribution in [0, 0.1) is 0 Å². The van der Waals surface area contributed by atoms with Crippen LogP contribution in [0.5, 0.6) is 0 Å². The Morgan fingerprint density at radius 1 is 0.828 bits per heavy atom. The van der Waals surface area contributed by atoms with E-state index in [1.165, 1.54) is 4.31 Å². The summed E-state index contributed by atoms with van der Waals surface area (Å²) in [6.45, 7) is 6.63. The number of unbranched alkanes of at least 4 members (excludes halogenated alkanes) is 2. The van der Waals surface area contributed by atoms with Gasteiger partial charge >= 0.3 is 0 Å². The number of rotatable bonds is 13. The Labute approximate surface area is 176 Å². The van der Waals surface area contributed by atoms with Crippen molar-refractivity contribution in [3.8, 4) is 0 Å². The Bertz CT molecular complexity index is 789. The van der Waals surface area contributed by atoms with Crippen LogP contribution in [0.4, 0.5) is 5.69 Å². The Balaban J connectivity index is 2.21. The van der Waals surface area contributed by atoms with Crippen molar-refractivity contribution in [2.24, 2.45) is 0 Å². The molecule has 0 amide bonds. The molecule has 6 heteroatoms. The Morgan fingerprint density at radius 3 is 1.86 bits per heavy atom. The van der Waals surface area contributed by atoms with Gasteiger partial charge in [0.25, 0.3) is 10.0 Å². The molecular formula is C23H34N2O3S. The second kappa shape index (κ2) is 12.0. The molecule has 0 saturated heterocycles. The molecule has 2 rings (SSSR count). The van der Waals surface area contributed by atoms with E-state index in [-0.39, 0.29) is 11.4 Å². The van der Waals surface area contributed by atoms with Crippen molar-refractivity contribution >= 4 is 15.7 Å². The van der Waals surface area contributed by atoms with Gasteiger partial charge < -0.3 is 10.0 Å². The first kappa shape index (κ1) is 23.4. The minimum Gasteiger partial charge on any atom is -0.390 e. The average molecular weight is 419 g/mol. The third-order valence-corrected chi connectivity index (χ3v) is 6.68. The molecule has 0 heterocycles. The van der Waals surface area contributed by atoms with Crippen LogP contribution in [0.3, 0.4) is 0 Å². The van der Waals surface area contributed by atoms with Crippen molar-refractivity contribution in [2.45, 2.75) is 50.5 Å². The fourth-order valence-corrected chi connectivity index (χ4v) is 4.78. The van der Waals surface area contributed by atoms with Gasteiger partial charge in [-0.25, -0.2) is 8.42 Å². The molecule has 0 bridgehead atoms. The molecule has 1 atom stereocenters. The number of hydrogen-bond acceptors (Lipinski definition) is 4. The topological polar surface area (TPSA) is 60.9 Å². The van der Waals surface area contributed by atoms with Gasteiger partial charge in [0.15, 0.2) is 0 Å². The second-order valence-corrected chi connectivity index (χ2v) is 9.21. The number of aliphatic hydroxyl groups excluding tert-OH is 1. The van der Waals surface area contributed by atoms with Gasteiger partial charge in [-0.1, -0.05) is 63.1 Å². The quantitative estimate of drug-likeness (QED) is 0.531. The normalized spacial score (nSPS) is 12.8. The van der Waals surface area contributed by atoms with E-state index in [2.05, 4.69) is 18.7 Å². The lowest BCUT2D eigenvalue weighted by molar-refractivity contribution is 0.117. The molecule has 0 aliphatic rings. The van der Waals surface area contributed by atoms with Crippen molar-refractivity contribution in [1.82, 2.24) is 4.90 Å². The fourth-order valence-electron chi connectivity index (χ4n) is 3.26. The predicted octanol–water partition coefficient (Wildman–Crippen LogP) is 4.15. The molecule has 0 saturated carbocycles. The third kappa shape index (κ3) is 7.14. The van der Waals surface area contributed by atoms with E-state index in [0.717, 1.165) is 38.8 Å². The zero-order valence-electron chi connectivity index (χ0n) is 17.6. The monoisotopic (exact) mass is 418 g/mol. The zero-order valence-corrected chi connectivity index (χ0v) is 18.4. The molecular weight excluding hydrogens is 384 g/mol. The summed E-state index contributed by atoms with van der Waals surface area (Å²) in [7, 11) is -3.76. The summed E-state index contributed by atoms with van der Waals surface area (Å²) >= 11 is 0. The molecule has 0 spiro atoms. The molecule has 2 aromatic rings. The summed E-state index contributed by atoms with van der Waals surface area (Å²) in [6, 6.07) is 17.4. The first-order valence-corrected chi connectivity index (χ1v) is 12.0. The molecule has 1 N–H and O–H groups in total. The Hall–Kier alpha value is -1.89. The highest BCUT2D eigenvalue weighted by Gasteiger charge is 2.27. The molecule has 160 valence electrons. The van der Waals surface area contributed by atoms with Crippen molar-refractivity contribution in [1.29, 1.82) is 0 Å².